The van der Waals surface area contributed by atoms with Gasteiger partial charge in [0, 0.05) is 28.0 Å². The lowest BCUT2D eigenvalue weighted by Crippen LogP contribution is -2.40. The van der Waals surface area contributed by atoms with E-state index in [1.165, 1.54) is 9.47 Å². The molecule has 0 atom stereocenters. The molecule has 6 nitrogen and oxygen atoms in total. The fraction of sp³-hybridized carbons (Fsp3) is 0.0952. The summed E-state index contributed by atoms with van der Waals surface area (Å²) in [6.45, 7) is 1.82. The van der Waals surface area contributed by atoms with Crippen LogP contribution in [-0.2, 0) is 7.05 Å². The standard InChI is InChI=1S/C21H14BrN3O3/c1-10-8-15-17(24(2)21(28)23-15)9-16(10)25-19(26)12-5-3-4-11-14(22)7-6-13(18(11)12)20(25)27/h3-9H,1-2H3,(H,23,28). The zero-order chi connectivity index (χ0) is 19.7. The smallest absolute Gasteiger partial charge is 0.306 e. The molecular formula is C21H14BrN3O3. The van der Waals surface area contributed by atoms with Crippen molar-refractivity contribution in [3.05, 3.63) is 74.1 Å². The lowest BCUT2D eigenvalue weighted by molar-refractivity contribution is 0.0893. The van der Waals surface area contributed by atoms with E-state index in [0.29, 0.717) is 33.2 Å². The van der Waals surface area contributed by atoms with Crippen molar-refractivity contribution in [2.45, 2.75) is 6.92 Å². The van der Waals surface area contributed by atoms with E-state index in [1.54, 1.807) is 31.3 Å². The topological polar surface area (TPSA) is 75.2 Å². The number of amides is 2. The quantitative estimate of drug-likeness (QED) is 0.460. The van der Waals surface area contributed by atoms with Crippen molar-refractivity contribution in [2.75, 3.05) is 4.90 Å². The number of carbonyl (C=O) groups is 2. The van der Waals surface area contributed by atoms with Gasteiger partial charge in [0.2, 0.25) is 0 Å². The Labute approximate surface area is 167 Å². The average Bonchev–Trinajstić information content (AvgIpc) is 2.94. The van der Waals surface area contributed by atoms with E-state index in [2.05, 4.69) is 20.9 Å². The normalized spacial score (nSPS) is 13.8. The highest BCUT2D eigenvalue weighted by Gasteiger charge is 2.35. The van der Waals surface area contributed by atoms with Crippen LogP contribution in [0.5, 0.6) is 0 Å². The number of benzene rings is 3. The Hall–Kier alpha value is -3.19. The number of hydrogen-bond donors (Lipinski definition) is 1. The molecule has 5 rings (SSSR count). The molecule has 2 heterocycles. The van der Waals surface area contributed by atoms with Crippen LogP contribution in [0.15, 0.2) is 51.7 Å². The summed E-state index contributed by atoms with van der Waals surface area (Å²) in [4.78, 5) is 42.6. The number of hydrogen-bond acceptors (Lipinski definition) is 3. The van der Waals surface area contributed by atoms with Gasteiger partial charge in [-0.25, -0.2) is 9.69 Å². The first-order chi connectivity index (χ1) is 13.4. The predicted molar refractivity (Wildman–Crippen MR) is 111 cm³/mol. The Morgan fingerprint density at radius 3 is 2.43 bits per heavy atom. The van der Waals surface area contributed by atoms with E-state index in [1.807, 2.05) is 25.1 Å². The predicted octanol–water partition coefficient (Wildman–Crippen LogP) is 3.89. The maximum Gasteiger partial charge on any atom is 0.326 e. The number of aromatic nitrogens is 2. The third-order valence-electron chi connectivity index (χ3n) is 5.32. The van der Waals surface area contributed by atoms with Crippen molar-refractivity contribution >= 4 is 55.2 Å². The third kappa shape index (κ3) is 2.10. The molecule has 0 saturated carbocycles. The van der Waals surface area contributed by atoms with Crippen LogP contribution in [0.4, 0.5) is 5.69 Å². The zero-order valence-electron chi connectivity index (χ0n) is 15.0. The monoisotopic (exact) mass is 435 g/mol. The molecule has 1 aliphatic rings. The van der Waals surface area contributed by atoms with Gasteiger partial charge in [-0.1, -0.05) is 28.1 Å². The lowest BCUT2D eigenvalue weighted by atomic mass is 9.93. The molecule has 0 fully saturated rings. The van der Waals surface area contributed by atoms with Gasteiger partial charge < -0.3 is 4.98 Å². The number of nitrogens with one attached hydrogen (secondary N) is 1. The summed E-state index contributed by atoms with van der Waals surface area (Å²) >= 11 is 3.50. The number of fused-ring (bicyclic) bond motifs is 1. The highest BCUT2D eigenvalue weighted by atomic mass is 79.9. The number of imide groups is 1. The molecule has 7 heteroatoms. The summed E-state index contributed by atoms with van der Waals surface area (Å²) in [5.74, 6) is -0.742. The largest absolute Gasteiger partial charge is 0.326 e. The van der Waals surface area contributed by atoms with Crippen LogP contribution >= 0.6 is 15.9 Å². The maximum atomic E-state index is 13.3. The van der Waals surface area contributed by atoms with Gasteiger partial charge in [-0.3, -0.25) is 14.2 Å². The van der Waals surface area contributed by atoms with Crippen LogP contribution in [0.3, 0.4) is 0 Å². The lowest BCUT2D eigenvalue weighted by Gasteiger charge is -2.28. The number of carbonyl (C=O) groups excluding carboxylic acids is 2. The van der Waals surface area contributed by atoms with Crippen LogP contribution in [-0.4, -0.2) is 21.4 Å². The summed E-state index contributed by atoms with van der Waals surface area (Å²) < 4.78 is 2.30. The fourth-order valence-electron chi connectivity index (χ4n) is 3.89. The third-order valence-corrected chi connectivity index (χ3v) is 6.01. The molecule has 4 aromatic rings. The van der Waals surface area contributed by atoms with Crippen molar-refractivity contribution in [3.8, 4) is 0 Å². The molecular weight excluding hydrogens is 422 g/mol. The second kappa shape index (κ2) is 5.65. The van der Waals surface area contributed by atoms with E-state index in [9.17, 15) is 14.4 Å². The van der Waals surface area contributed by atoms with Gasteiger partial charge >= 0.3 is 5.69 Å². The minimum atomic E-state index is -0.371. The Morgan fingerprint density at radius 2 is 1.68 bits per heavy atom. The number of aromatic amines is 1. The molecule has 28 heavy (non-hydrogen) atoms. The van der Waals surface area contributed by atoms with Crippen molar-refractivity contribution in [1.82, 2.24) is 9.55 Å². The van der Waals surface area contributed by atoms with E-state index >= 15 is 0 Å². The van der Waals surface area contributed by atoms with Gasteiger partial charge in [-0.15, -0.1) is 0 Å². The van der Waals surface area contributed by atoms with Crippen molar-refractivity contribution in [3.63, 3.8) is 0 Å². The van der Waals surface area contributed by atoms with Crippen LogP contribution in [0, 0.1) is 6.92 Å². The Morgan fingerprint density at radius 1 is 0.964 bits per heavy atom. The second-order valence-corrected chi connectivity index (χ2v) is 7.77. The van der Waals surface area contributed by atoms with Crippen molar-refractivity contribution in [2.24, 2.45) is 7.05 Å². The molecule has 0 radical (unpaired) electrons. The van der Waals surface area contributed by atoms with Gasteiger partial charge in [0.15, 0.2) is 0 Å². The van der Waals surface area contributed by atoms with Crippen LogP contribution in [0.1, 0.15) is 26.3 Å². The molecule has 1 N–H and O–H groups in total. The van der Waals surface area contributed by atoms with Crippen LogP contribution in [0.2, 0.25) is 0 Å². The SMILES string of the molecule is Cc1cc2[nH]c(=O)n(C)c2cc1N1C(=O)c2cccc3c(Br)ccc(c23)C1=O. The van der Waals surface area contributed by atoms with Gasteiger partial charge in [0.1, 0.15) is 0 Å². The first-order valence-corrected chi connectivity index (χ1v) is 9.47. The van der Waals surface area contributed by atoms with Crippen molar-refractivity contribution in [1.29, 1.82) is 0 Å². The molecule has 138 valence electrons. The number of imidazole rings is 1. The van der Waals surface area contributed by atoms with Crippen molar-refractivity contribution < 1.29 is 9.59 Å². The first-order valence-electron chi connectivity index (χ1n) is 8.68. The number of H-pyrrole nitrogens is 1. The molecule has 0 aliphatic carbocycles. The van der Waals surface area contributed by atoms with E-state index in [4.69, 9.17) is 0 Å². The summed E-state index contributed by atoms with van der Waals surface area (Å²) in [5, 5.41) is 1.49. The highest BCUT2D eigenvalue weighted by Crippen LogP contribution is 2.37. The Kier molecular flexibility index (Phi) is 3.42. The average molecular weight is 436 g/mol. The summed E-state index contributed by atoms with van der Waals surface area (Å²) in [5.41, 5.74) is 3.21. The minimum Gasteiger partial charge on any atom is -0.306 e. The first kappa shape index (κ1) is 16.9. The van der Waals surface area contributed by atoms with E-state index in [-0.39, 0.29) is 17.5 Å². The van der Waals surface area contributed by atoms with Crippen LogP contribution in [0.25, 0.3) is 21.8 Å². The zero-order valence-corrected chi connectivity index (χ0v) is 16.6. The Balaban J connectivity index is 1.80. The fourth-order valence-corrected chi connectivity index (χ4v) is 4.35. The summed E-state index contributed by atoms with van der Waals surface area (Å²) in [6.07, 6.45) is 0. The second-order valence-electron chi connectivity index (χ2n) is 6.91. The van der Waals surface area contributed by atoms with Gasteiger partial charge in [0.05, 0.1) is 16.7 Å². The molecule has 3 aromatic carbocycles. The molecule has 1 aliphatic heterocycles. The molecule has 0 saturated heterocycles. The van der Waals surface area contributed by atoms with Gasteiger partial charge in [-0.2, -0.15) is 0 Å². The molecule has 0 spiro atoms. The van der Waals surface area contributed by atoms with Gasteiger partial charge in [0.25, 0.3) is 11.8 Å². The maximum absolute atomic E-state index is 13.3. The molecule has 0 bridgehead atoms. The van der Waals surface area contributed by atoms with Gasteiger partial charge in [-0.05, 0) is 48.2 Å². The minimum absolute atomic E-state index is 0.247. The number of halogens is 1. The number of rotatable bonds is 1. The molecule has 0 unspecified atom stereocenters. The molecule has 2 amide bonds. The Bertz CT molecular complexity index is 1390. The number of anilines is 1. The van der Waals surface area contributed by atoms with E-state index < -0.39 is 0 Å². The van der Waals surface area contributed by atoms with Crippen LogP contribution < -0.4 is 10.6 Å². The number of nitrogens with zero attached hydrogens (tertiary/aromatic N) is 2. The highest BCUT2D eigenvalue weighted by molar-refractivity contribution is 9.10. The molecule has 1 aromatic heterocycles. The summed E-state index contributed by atoms with van der Waals surface area (Å²) in [6, 6.07) is 12.5. The summed E-state index contributed by atoms with van der Waals surface area (Å²) in [7, 11) is 1.65. The van der Waals surface area contributed by atoms with E-state index in [0.717, 1.165) is 15.4 Å². The number of aryl methyl sites for hydroxylation is 2.